The first-order valence-electron chi connectivity index (χ1n) is 8.71. The van der Waals surface area contributed by atoms with E-state index in [4.69, 9.17) is 9.47 Å². The summed E-state index contributed by atoms with van der Waals surface area (Å²) >= 11 is 0. The lowest BCUT2D eigenvalue weighted by molar-refractivity contribution is -0.139. The summed E-state index contributed by atoms with van der Waals surface area (Å²) in [7, 11) is 1.83. The topological polar surface area (TPSA) is 98.5 Å². The van der Waals surface area contributed by atoms with E-state index in [2.05, 4.69) is 10.1 Å². The van der Waals surface area contributed by atoms with Gasteiger partial charge in [-0.3, -0.25) is 14.7 Å². The van der Waals surface area contributed by atoms with Crippen LogP contribution in [0.25, 0.3) is 11.0 Å². The number of ether oxygens (including phenoxy) is 2. The molecular formula is C19H20N4O4. The maximum atomic E-state index is 12.3. The Hall–Kier alpha value is -2.97. The fourth-order valence-electron chi connectivity index (χ4n) is 3.56. The highest BCUT2D eigenvalue weighted by Gasteiger charge is 2.41. The zero-order valence-electron chi connectivity index (χ0n) is 14.9. The number of aromatic nitrogens is 3. The number of amides is 1. The standard InChI is InChI=1S/C19H20N4O4/c1-23-17-15(12-21-23)16(6-9-20-17)27-14-4-2-13(3-5-14)19(18(24)22-25)7-10-26-11-8-19/h2-6,9,12,25H,7-8,10-11H2,1H3,(H,22,24). The Labute approximate surface area is 155 Å². The van der Waals surface area contributed by atoms with Gasteiger partial charge in [0, 0.05) is 26.5 Å². The minimum absolute atomic E-state index is 0.411. The summed E-state index contributed by atoms with van der Waals surface area (Å²) in [5, 5.41) is 14.2. The summed E-state index contributed by atoms with van der Waals surface area (Å²) in [5.74, 6) is 0.891. The number of carbonyl (C=O) groups excluding carboxylic acids is 1. The molecule has 8 nitrogen and oxygen atoms in total. The molecule has 0 aliphatic carbocycles. The van der Waals surface area contributed by atoms with Crippen molar-refractivity contribution in [3.05, 3.63) is 48.3 Å². The molecule has 3 aromatic rings. The van der Waals surface area contributed by atoms with Gasteiger partial charge in [0.05, 0.1) is 17.0 Å². The number of hydroxylamine groups is 1. The Balaban J connectivity index is 1.62. The highest BCUT2D eigenvalue weighted by molar-refractivity contribution is 5.87. The Kier molecular flexibility index (Phi) is 4.51. The molecule has 0 radical (unpaired) electrons. The highest BCUT2D eigenvalue weighted by Crippen LogP contribution is 2.37. The number of nitrogens with one attached hydrogen (secondary N) is 1. The van der Waals surface area contributed by atoms with Crippen molar-refractivity contribution in [1.82, 2.24) is 20.2 Å². The number of hydrogen-bond donors (Lipinski definition) is 2. The van der Waals surface area contributed by atoms with Gasteiger partial charge in [-0.15, -0.1) is 0 Å². The molecule has 1 aliphatic heterocycles. The van der Waals surface area contributed by atoms with E-state index in [-0.39, 0.29) is 0 Å². The van der Waals surface area contributed by atoms with E-state index < -0.39 is 11.3 Å². The van der Waals surface area contributed by atoms with E-state index in [9.17, 15) is 10.0 Å². The van der Waals surface area contributed by atoms with Gasteiger partial charge in [-0.05, 0) is 36.6 Å². The molecule has 27 heavy (non-hydrogen) atoms. The van der Waals surface area contributed by atoms with Crippen molar-refractivity contribution in [2.45, 2.75) is 18.3 Å². The third kappa shape index (κ3) is 3.02. The SMILES string of the molecule is Cn1ncc2c(Oc3ccc(C4(C(=O)NO)CCOCC4)cc3)ccnc21. The van der Waals surface area contributed by atoms with Crippen LogP contribution in [0.3, 0.4) is 0 Å². The number of hydrogen-bond acceptors (Lipinski definition) is 6. The summed E-state index contributed by atoms with van der Waals surface area (Å²) < 4.78 is 13.1. The highest BCUT2D eigenvalue weighted by atomic mass is 16.5. The Morgan fingerprint density at radius 1 is 1.26 bits per heavy atom. The molecule has 0 saturated carbocycles. The molecule has 1 aliphatic rings. The number of nitrogens with zero attached hydrogens (tertiary/aromatic N) is 3. The zero-order chi connectivity index (χ0) is 18.9. The van der Waals surface area contributed by atoms with E-state index >= 15 is 0 Å². The Morgan fingerprint density at radius 2 is 2.00 bits per heavy atom. The molecule has 0 unspecified atom stereocenters. The minimum atomic E-state index is -0.793. The van der Waals surface area contributed by atoms with Gasteiger partial charge in [0.2, 0.25) is 0 Å². The van der Waals surface area contributed by atoms with Crippen LogP contribution >= 0.6 is 0 Å². The van der Waals surface area contributed by atoms with Crippen molar-refractivity contribution >= 4 is 16.9 Å². The summed E-state index contributed by atoms with van der Waals surface area (Å²) in [6, 6.07) is 9.14. The molecule has 0 bridgehead atoms. The first kappa shape index (κ1) is 17.4. The monoisotopic (exact) mass is 368 g/mol. The number of aryl methyl sites for hydroxylation is 1. The van der Waals surface area contributed by atoms with Crippen LogP contribution in [0.1, 0.15) is 18.4 Å². The van der Waals surface area contributed by atoms with Gasteiger partial charge < -0.3 is 9.47 Å². The number of benzene rings is 1. The van der Waals surface area contributed by atoms with E-state index in [1.165, 1.54) is 0 Å². The molecule has 3 heterocycles. The lowest BCUT2D eigenvalue weighted by Gasteiger charge is -2.35. The molecule has 8 heteroatoms. The van der Waals surface area contributed by atoms with Crippen LogP contribution in [0.15, 0.2) is 42.7 Å². The van der Waals surface area contributed by atoms with Gasteiger partial charge in [0.1, 0.15) is 11.5 Å². The van der Waals surface area contributed by atoms with E-state index in [0.29, 0.717) is 37.6 Å². The third-order valence-electron chi connectivity index (χ3n) is 5.11. The Morgan fingerprint density at radius 3 is 2.70 bits per heavy atom. The molecule has 1 fully saturated rings. The second-order valence-corrected chi connectivity index (χ2v) is 6.58. The predicted octanol–water partition coefficient (Wildman–Crippen LogP) is 2.31. The van der Waals surface area contributed by atoms with Crippen LogP contribution < -0.4 is 10.2 Å². The number of fused-ring (bicyclic) bond motifs is 1. The molecule has 0 atom stereocenters. The van der Waals surface area contributed by atoms with Gasteiger partial charge in [0.25, 0.3) is 5.91 Å². The summed E-state index contributed by atoms with van der Waals surface area (Å²) in [5.41, 5.74) is 2.58. The maximum Gasteiger partial charge on any atom is 0.254 e. The first-order chi connectivity index (χ1) is 13.1. The van der Waals surface area contributed by atoms with Gasteiger partial charge in [0.15, 0.2) is 5.65 Å². The van der Waals surface area contributed by atoms with Crippen LogP contribution in [-0.2, 0) is 22.0 Å². The van der Waals surface area contributed by atoms with Crippen molar-refractivity contribution in [3.63, 3.8) is 0 Å². The summed E-state index contributed by atoms with van der Waals surface area (Å²) in [6.45, 7) is 0.948. The summed E-state index contributed by atoms with van der Waals surface area (Å²) in [4.78, 5) is 16.6. The molecule has 140 valence electrons. The number of rotatable bonds is 4. The maximum absolute atomic E-state index is 12.3. The lowest BCUT2D eigenvalue weighted by Crippen LogP contribution is -2.47. The lowest BCUT2D eigenvalue weighted by atomic mass is 9.73. The quantitative estimate of drug-likeness (QED) is 0.542. The average molecular weight is 368 g/mol. The number of pyridine rings is 1. The molecule has 0 spiro atoms. The van der Waals surface area contributed by atoms with Gasteiger partial charge >= 0.3 is 0 Å². The minimum Gasteiger partial charge on any atom is -0.456 e. The molecular weight excluding hydrogens is 348 g/mol. The fourth-order valence-corrected chi connectivity index (χ4v) is 3.56. The van der Waals surface area contributed by atoms with Crippen LogP contribution in [0, 0.1) is 0 Å². The normalized spacial score (nSPS) is 16.2. The smallest absolute Gasteiger partial charge is 0.254 e. The van der Waals surface area contributed by atoms with Gasteiger partial charge in [-0.25, -0.2) is 10.5 Å². The average Bonchev–Trinajstić information content (AvgIpc) is 3.10. The van der Waals surface area contributed by atoms with E-state index in [1.54, 1.807) is 23.1 Å². The molecule has 4 rings (SSSR count). The van der Waals surface area contributed by atoms with E-state index in [1.807, 2.05) is 36.8 Å². The van der Waals surface area contributed by atoms with Crippen molar-refractivity contribution < 1.29 is 19.5 Å². The van der Waals surface area contributed by atoms with Crippen molar-refractivity contribution in [3.8, 4) is 11.5 Å². The van der Waals surface area contributed by atoms with Crippen molar-refractivity contribution in [2.24, 2.45) is 7.05 Å². The second kappa shape index (κ2) is 6.98. The van der Waals surface area contributed by atoms with Gasteiger partial charge in [-0.2, -0.15) is 5.10 Å². The number of carbonyl (C=O) groups is 1. The van der Waals surface area contributed by atoms with Crippen LogP contribution in [0.4, 0.5) is 0 Å². The summed E-state index contributed by atoms with van der Waals surface area (Å²) in [6.07, 6.45) is 4.42. The van der Waals surface area contributed by atoms with Gasteiger partial charge in [-0.1, -0.05) is 12.1 Å². The molecule has 1 aromatic carbocycles. The van der Waals surface area contributed by atoms with Crippen molar-refractivity contribution in [1.29, 1.82) is 0 Å². The molecule has 1 amide bonds. The zero-order valence-corrected chi connectivity index (χ0v) is 14.9. The molecule has 1 saturated heterocycles. The van der Waals surface area contributed by atoms with E-state index in [0.717, 1.165) is 16.6 Å². The second-order valence-electron chi connectivity index (χ2n) is 6.58. The predicted molar refractivity (Wildman–Crippen MR) is 96.7 cm³/mol. The van der Waals surface area contributed by atoms with Crippen LogP contribution in [-0.4, -0.2) is 39.1 Å². The Bertz CT molecular complexity index is 962. The van der Waals surface area contributed by atoms with Crippen molar-refractivity contribution in [2.75, 3.05) is 13.2 Å². The molecule has 2 aromatic heterocycles. The largest absolute Gasteiger partial charge is 0.456 e. The first-order valence-corrected chi connectivity index (χ1v) is 8.71. The molecule has 2 N–H and O–H groups in total. The van der Waals surface area contributed by atoms with Crippen LogP contribution in [0.2, 0.25) is 0 Å². The fraction of sp³-hybridized carbons (Fsp3) is 0.316. The third-order valence-corrected chi connectivity index (χ3v) is 5.11. The van der Waals surface area contributed by atoms with Crippen LogP contribution in [0.5, 0.6) is 11.5 Å².